The van der Waals surface area contributed by atoms with Gasteiger partial charge in [-0.15, -0.1) is 16.8 Å². The standard InChI is InChI=1S/C20H29N5O3/c1-4-7-15-8-5-6-9-17(15)27-13-16(26)12-22-20(2,3)14-28-19-11-10-18(23-21)24-25-19/h4-6,8-11,16,22,26H,1,7,12-14,21H2,2-3H3,(H,23,24). The third-order valence-electron chi connectivity index (χ3n) is 3.95. The third kappa shape index (κ3) is 7.15. The second-order valence-corrected chi connectivity index (χ2v) is 7.02. The molecule has 0 saturated heterocycles. The van der Waals surface area contributed by atoms with Gasteiger partial charge in [0.05, 0.1) is 0 Å². The summed E-state index contributed by atoms with van der Waals surface area (Å²) < 4.78 is 11.4. The van der Waals surface area contributed by atoms with Crippen molar-refractivity contribution in [1.29, 1.82) is 0 Å². The molecular weight excluding hydrogens is 358 g/mol. The molecule has 8 nitrogen and oxygen atoms in total. The van der Waals surface area contributed by atoms with Crippen LogP contribution in [-0.2, 0) is 6.42 Å². The van der Waals surface area contributed by atoms with E-state index in [0.717, 1.165) is 17.7 Å². The Morgan fingerprint density at radius 2 is 2.00 bits per heavy atom. The number of rotatable bonds is 12. The number of nitrogen functional groups attached to an aromatic ring is 1. The van der Waals surface area contributed by atoms with Crippen LogP contribution in [0.15, 0.2) is 49.1 Å². The maximum absolute atomic E-state index is 10.2. The molecule has 8 heteroatoms. The van der Waals surface area contributed by atoms with E-state index in [2.05, 4.69) is 27.5 Å². The zero-order chi connectivity index (χ0) is 20.4. The summed E-state index contributed by atoms with van der Waals surface area (Å²) in [6.45, 7) is 8.61. The second kappa shape index (κ2) is 10.6. The van der Waals surface area contributed by atoms with Crippen molar-refractivity contribution in [3.8, 4) is 11.6 Å². The van der Waals surface area contributed by atoms with E-state index in [4.69, 9.17) is 15.3 Å². The Labute approximate surface area is 165 Å². The molecule has 1 unspecified atom stereocenters. The lowest BCUT2D eigenvalue weighted by Crippen LogP contribution is -2.48. The molecule has 1 aromatic carbocycles. The molecule has 2 rings (SSSR count). The van der Waals surface area contributed by atoms with Gasteiger partial charge in [0, 0.05) is 18.2 Å². The number of hydrogen-bond acceptors (Lipinski definition) is 8. The van der Waals surface area contributed by atoms with Gasteiger partial charge >= 0.3 is 0 Å². The summed E-state index contributed by atoms with van der Waals surface area (Å²) in [7, 11) is 0. The van der Waals surface area contributed by atoms with Crippen LogP contribution >= 0.6 is 0 Å². The molecule has 28 heavy (non-hydrogen) atoms. The number of allylic oxidation sites excluding steroid dienone is 1. The van der Waals surface area contributed by atoms with Gasteiger partial charge in [-0.2, -0.15) is 0 Å². The van der Waals surface area contributed by atoms with Crippen LogP contribution in [0.3, 0.4) is 0 Å². The van der Waals surface area contributed by atoms with E-state index < -0.39 is 6.10 Å². The average molecular weight is 387 g/mol. The summed E-state index contributed by atoms with van der Waals surface area (Å²) in [5, 5.41) is 21.3. The molecule has 0 bridgehead atoms. The summed E-state index contributed by atoms with van der Waals surface area (Å²) in [6.07, 6.45) is 1.89. The normalized spacial score (nSPS) is 12.3. The molecule has 1 heterocycles. The molecule has 152 valence electrons. The number of β-amino-alcohol motifs (C(OH)–C–C–N with tert-alkyl or cyclic N) is 1. The Kier molecular flexibility index (Phi) is 8.19. The first kappa shape index (κ1) is 21.6. The summed E-state index contributed by atoms with van der Waals surface area (Å²) in [4.78, 5) is 0. The number of nitrogens with zero attached hydrogens (tertiary/aromatic N) is 2. The number of benzene rings is 1. The van der Waals surface area contributed by atoms with Crippen molar-refractivity contribution >= 4 is 5.82 Å². The number of nitrogens with one attached hydrogen (secondary N) is 2. The fourth-order valence-corrected chi connectivity index (χ4v) is 2.39. The van der Waals surface area contributed by atoms with Crippen LogP contribution in [0.25, 0.3) is 0 Å². The van der Waals surface area contributed by atoms with Crippen LogP contribution in [0, 0.1) is 0 Å². The molecule has 0 spiro atoms. The van der Waals surface area contributed by atoms with E-state index in [-0.39, 0.29) is 12.1 Å². The Balaban J connectivity index is 1.75. The maximum atomic E-state index is 10.2. The van der Waals surface area contributed by atoms with Crippen molar-refractivity contribution < 1.29 is 14.6 Å². The molecule has 1 atom stereocenters. The van der Waals surface area contributed by atoms with Crippen LogP contribution in [0.1, 0.15) is 19.4 Å². The highest BCUT2D eigenvalue weighted by Crippen LogP contribution is 2.19. The molecule has 0 radical (unpaired) electrons. The topological polar surface area (TPSA) is 115 Å². The number of aromatic nitrogens is 2. The molecule has 0 aliphatic heterocycles. The number of anilines is 1. The number of hydrogen-bond donors (Lipinski definition) is 4. The molecule has 0 aliphatic carbocycles. The Morgan fingerprint density at radius 3 is 2.68 bits per heavy atom. The smallest absolute Gasteiger partial charge is 0.233 e. The first-order chi connectivity index (χ1) is 13.4. The molecular formula is C20H29N5O3. The van der Waals surface area contributed by atoms with Crippen molar-refractivity contribution in [2.75, 3.05) is 25.2 Å². The van der Waals surface area contributed by atoms with Crippen molar-refractivity contribution in [2.24, 2.45) is 5.84 Å². The van der Waals surface area contributed by atoms with Crippen LogP contribution in [-0.4, -0.2) is 46.7 Å². The van der Waals surface area contributed by atoms with Gasteiger partial charge in [0.15, 0.2) is 5.82 Å². The van der Waals surface area contributed by atoms with E-state index in [1.807, 2.05) is 44.2 Å². The lowest BCUT2D eigenvalue weighted by atomic mass is 10.1. The highest BCUT2D eigenvalue weighted by Gasteiger charge is 2.20. The van der Waals surface area contributed by atoms with Crippen molar-refractivity contribution in [3.63, 3.8) is 0 Å². The van der Waals surface area contributed by atoms with E-state index in [0.29, 0.717) is 24.8 Å². The lowest BCUT2D eigenvalue weighted by molar-refractivity contribution is 0.0919. The molecule has 0 aliphatic rings. The third-order valence-corrected chi connectivity index (χ3v) is 3.95. The first-order valence-electron chi connectivity index (χ1n) is 9.11. The largest absolute Gasteiger partial charge is 0.491 e. The van der Waals surface area contributed by atoms with E-state index in [1.54, 1.807) is 12.1 Å². The van der Waals surface area contributed by atoms with Crippen molar-refractivity contribution in [1.82, 2.24) is 15.5 Å². The van der Waals surface area contributed by atoms with Crippen LogP contribution in [0.5, 0.6) is 11.6 Å². The molecule has 0 saturated carbocycles. The average Bonchev–Trinajstić information content (AvgIpc) is 2.71. The van der Waals surface area contributed by atoms with Gasteiger partial charge < -0.3 is 25.3 Å². The lowest BCUT2D eigenvalue weighted by Gasteiger charge is -2.27. The Hall–Kier alpha value is -2.68. The Morgan fingerprint density at radius 1 is 1.21 bits per heavy atom. The van der Waals surface area contributed by atoms with Crippen LogP contribution in [0.2, 0.25) is 0 Å². The minimum atomic E-state index is -0.661. The predicted octanol–water partition coefficient (Wildman–Crippen LogP) is 1.68. The van der Waals surface area contributed by atoms with Crippen LogP contribution < -0.4 is 26.1 Å². The monoisotopic (exact) mass is 387 g/mol. The summed E-state index contributed by atoms with van der Waals surface area (Å²) in [5.41, 5.74) is 3.07. The zero-order valence-electron chi connectivity index (χ0n) is 16.4. The van der Waals surface area contributed by atoms with Gasteiger partial charge in [0.25, 0.3) is 0 Å². The first-order valence-corrected chi connectivity index (χ1v) is 9.11. The van der Waals surface area contributed by atoms with Gasteiger partial charge in [0.1, 0.15) is 25.1 Å². The van der Waals surface area contributed by atoms with Gasteiger partial charge in [-0.05, 0) is 38.0 Å². The van der Waals surface area contributed by atoms with Gasteiger partial charge in [-0.3, -0.25) is 0 Å². The fraction of sp³-hybridized carbons (Fsp3) is 0.400. The summed E-state index contributed by atoms with van der Waals surface area (Å²) in [6, 6.07) is 11.1. The molecule has 5 N–H and O–H groups in total. The van der Waals surface area contributed by atoms with Crippen molar-refractivity contribution in [3.05, 3.63) is 54.6 Å². The van der Waals surface area contributed by atoms with Crippen LogP contribution in [0.4, 0.5) is 5.82 Å². The van der Waals surface area contributed by atoms with Gasteiger partial charge in [-0.25, -0.2) is 5.84 Å². The van der Waals surface area contributed by atoms with Gasteiger partial charge in [-0.1, -0.05) is 24.3 Å². The Bertz CT molecular complexity index is 737. The molecule has 0 amide bonds. The number of aliphatic hydroxyl groups excluding tert-OH is 1. The van der Waals surface area contributed by atoms with E-state index >= 15 is 0 Å². The highest BCUT2D eigenvalue weighted by atomic mass is 16.5. The van der Waals surface area contributed by atoms with Gasteiger partial charge in [0.2, 0.25) is 5.88 Å². The summed E-state index contributed by atoms with van der Waals surface area (Å²) >= 11 is 0. The molecule has 2 aromatic rings. The second-order valence-electron chi connectivity index (χ2n) is 7.02. The highest BCUT2D eigenvalue weighted by molar-refractivity contribution is 5.34. The fourth-order valence-electron chi connectivity index (χ4n) is 2.39. The zero-order valence-corrected chi connectivity index (χ0v) is 16.4. The number of ether oxygens (including phenoxy) is 2. The SMILES string of the molecule is C=CCc1ccccc1OCC(O)CNC(C)(C)COc1ccc(NN)nn1. The number of hydrazine groups is 1. The predicted molar refractivity (Wildman–Crippen MR) is 109 cm³/mol. The summed E-state index contributed by atoms with van der Waals surface area (Å²) in [5.74, 6) is 6.88. The molecule has 0 fully saturated rings. The van der Waals surface area contributed by atoms with E-state index in [1.165, 1.54) is 0 Å². The number of nitrogens with two attached hydrogens (primary N) is 1. The number of para-hydroxylation sites is 1. The molecule has 1 aromatic heterocycles. The van der Waals surface area contributed by atoms with Crippen molar-refractivity contribution in [2.45, 2.75) is 31.9 Å². The number of aliphatic hydroxyl groups is 1. The minimum Gasteiger partial charge on any atom is -0.491 e. The maximum Gasteiger partial charge on any atom is 0.233 e. The minimum absolute atomic E-state index is 0.192. The van der Waals surface area contributed by atoms with E-state index in [9.17, 15) is 5.11 Å². The quantitative estimate of drug-likeness (QED) is 0.247.